The Morgan fingerprint density at radius 2 is 2.00 bits per heavy atom. The maximum atomic E-state index is 12.7. The molecule has 8 nitrogen and oxygen atoms in total. The van der Waals surface area contributed by atoms with Crippen molar-refractivity contribution in [3.63, 3.8) is 0 Å². The van der Waals surface area contributed by atoms with E-state index in [-0.39, 0.29) is 28.9 Å². The van der Waals surface area contributed by atoms with E-state index in [9.17, 15) is 14.4 Å². The average molecular weight is 419 g/mol. The van der Waals surface area contributed by atoms with Crippen LogP contribution in [-0.2, 0) is 11.3 Å². The molecule has 31 heavy (non-hydrogen) atoms. The van der Waals surface area contributed by atoms with Gasteiger partial charge < -0.3 is 5.32 Å². The molecule has 3 aromatic heterocycles. The lowest BCUT2D eigenvalue weighted by molar-refractivity contribution is -0.127. The molecular weight excluding hydrogens is 394 g/mol. The van der Waals surface area contributed by atoms with Crippen molar-refractivity contribution >= 4 is 11.6 Å². The van der Waals surface area contributed by atoms with Crippen LogP contribution in [0.15, 0.2) is 52.2 Å². The van der Waals surface area contributed by atoms with Crippen molar-refractivity contribution < 1.29 is 4.79 Å². The molecule has 8 heteroatoms. The lowest BCUT2D eigenvalue weighted by atomic mass is 9.78. The highest BCUT2D eigenvalue weighted by Gasteiger charge is 2.43. The summed E-state index contributed by atoms with van der Waals surface area (Å²) in [5, 5.41) is 2.73. The third-order valence-electron chi connectivity index (χ3n) is 6.56. The molecule has 1 saturated heterocycles. The zero-order valence-electron chi connectivity index (χ0n) is 17.6. The van der Waals surface area contributed by atoms with E-state index in [2.05, 4.69) is 10.2 Å². The minimum absolute atomic E-state index is 0.0228. The number of fused-ring (bicyclic) bond motifs is 5. The maximum absolute atomic E-state index is 12.7. The van der Waals surface area contributed by atoms with Gasteiger partial charge in [-0.15, -0.1) is 0 Å². The van der Waals surface area contributed by atoms with Crippen molar-refractivity contribution in [2.75, 3.05) is 20.1 Å². The first-order chi connectivity index (χ1) is 15.0. The first-order valence-electron chi connectivity index (χ1n) is 10.6. The monoisotopic (exact) mass is 419 g/mol. The molecule has 3 aromatic rings. The van der Waals surface area contributed by atoms with E-state index in [1.165, 1.54) is 6.07 Å². The van der Waals surface area contributed by atoms with Gasteiger partial charge in [0.25, 0.3) is 11.1 Å². The molecule has 2 bridgehead atoms. The van der Waals surface area contributed by atoms with Gasteiger partial charge in [-0.05, 0) is 31.0 Å². The topological polar surface area (TPSA) is 88.7 Å². The van der Waals surface area contributed by atoms with Gasteiger partial charge in [0.05, 0.1) is 5.69 Å². The number of carbonyl (C=O) groups excluding carboxylic acids is 1. The Bertz CT molecular complexity index is 1290. The molecule has 2 aliphatic rings. The van der Waals surface area contributed by atoms with Crippen LogP contribution in [0, 0.1) is 12.8 Å². The SMILES string of the molecule is CNC(=O)[C@H]1[C@@H]2C[C@@H](CN(Cc3cc(=O)n4cccc(C)c4n3)C2)c2cccc(=O)n21. The number of aryl methyl sites for hydroxylation is 1. The number of likely N-dealkylation sites (tertiary alicyclic amines) is 1. The summed E-state index contributed by atoms with van der Waals surface area (Å²) in [6.07, 6.45) is 2.60. The van der Waals surface area contributed by atoms with Crippen LogP contribution in [0.2, 0.25) is 0 Å². The molecule has 0 saturated carbocycles. The standard InChI is InChI=1S/C23H25N5O3/c1-14-5-4-8-27-20(30)10-17(25-22(14)27)13-26-11-15-9-16(12-26)21(23(31)24-2)28-18(15)6-3-7-19(28)29/h3-8,10,15-16,21H,9,11-13H2,1-2H3,(H,24,31)/t15-,16+,21+/m0/s1. The third kappa shape index (κ3) is 3.27. The van der Waals surface area contributed by atoms with Crippen LogP contribution in [0.4, 0.5) is 0 Å². The van der Waals surface area contributed by atoms with Gasteiger partial charge in [-0.3, -0.25) is 28.3 Å². The number of nitrogens with zero attached hydrogens (tertiary/aromatic N) is 4. The average Bonchev–Trinajstić information content (AvgIpc) is 2.75. The molecule has 0 spiro atoms. The Kier molecular flexibility index (Phi) is 4.74. The zero-order valence-corrected chi connectivity index (χ0v) is 17.6. The predicted octanol–water partition coefficient (Wildman–Crippen LogP) is 1.07. The molecule has 3 atom stereocenters. The van der Waals surface area contributed by atoms with Crippen molar-refractivity contribution in [2.45, 2.75) is 31.8 Å². The highest BCUT2D eigenvalue weighted by molar-refractivity contribution is 5.80. The number of likely N-dealkylation sites (N-methyl/N-ethyl adjacent to an activating group) is 1. The van der Waals surface area contributed by atoms with E-state index in [1.54, 1.807) is 34.3 Å². The molecule has 1 amide bonds. The molecule has 0 radical (unpaired) electrons. The van der Waals surface area contributed by atoms with Crippen LogP contribution in [0.1, 0.15) is 35.3 Å². The molecule has 1 N–H and O–H groups in total. The van der Waals surface area contributed by atoms with E-state index in [0.717, 1.165) is 29.9 Å². The number of piperidine rings is 1. The first-order valence-corrected chi connectivity index (χ1v) is 10.6. The third-order valence-corrected chi connectivity index (χ3v) is 6.56. The summed E-state index contributed by atoms with van der Waals surface area (Å²) in [6.45, 7) is 3.91. The van der Waals surface area contributed by atoms with Crippen molar-refractivity contribution in [3.8, 4) is 0 Å². The summed E-state index contributed by atoms with van der Waals surface area (Å²) in [5.41, 5.74) is 3.02. The smallest absolute Gasteiger partial charge is 0.258 e. The van der Waals surface area contributed by atoms with Crippen molar-refractivity contribution in [2.24, 2.45) is 5.92 Å². The second-order valence-electron chi connectivity index (χ2n) is 8.58. The fourth-order valence-electron chi connectivity index (χ4n) is 5.26. The lowest BCUT2D eigenvalue weighted by Gasteiger charge is -2.46. The van der Waals surface area contributed by atoms with Gasteiger partial charge in [-0.2, -0.15) is 0 Å². The van der Waals surface area contributed by atoms with Gasteiger partial charge in [0.15, 0.2) is 0 Å². The number of hydrogen-bond acceptors (Lipinski definition) is 5. The lowest BCUT2D eigenvalue weighted by Crippen LogP contribution is -2.52. The van der Waals surface area contributed by atoms with Gasteiger partial charge in [-0.25, -0.2) is 4.98 Å². The van der Waals surface area contributed by atoms with Crippen LogP contribution < -0.4 is 16.4 Å². The van der Waals surface area contributed by atoms with Crippen LogP contribution in [-0.4, -0.2) is 44.9 Å². The molecule has 0 aromatic carbocycles. The molecule has 1 fully saturated rings. The highest BCUT2D eigenvalue weighted by atomic mass is 16.2. The highest BCUT2D eigenvalue weighted by Crippen LogP contribution is 2.41. The van der Waals surface area contributed by atoms with Crippen molar-refractivity contribution in [1.82, 2.24) is 24.2 Å². The molecule has 0 unspecified atom stereocenters. The summed E-state index contributed by atoms with van der Waals surface area (Å²) in [7, 11) is 1.61. The molecule has 5 heterocycles. The number of aromatic nitrogens is 3. The van der Waals surface area contributed by atoms with E-state index in [1.807, 2.05) is 25.1 Å². The Morgan fingerprint density at radius 3 is 2.81 bits per heavy atom. The van der Waals surface area contributed by atoms with Gasteiger partial charge in [0.2, 0.25) is 5.91 Å². The van der Waals surface area contributed by atoms with Crippen LogP contribution in [0.3, 0.4) is 0 Å². The molecular formula is C23H25N5O3. The van der Waals surface area contributed by atoms with E-state index < -0.39 is 6.04 Å². The summed E-state index contributed by atoms with van der Waals surface area (Å²) < 4.78 is 3.24. The fraction of sp³-hybridized carbons (Fsp3) is 0.391. The van der Waals surface area contributed by atoms with E-state index >= 15 is 0 Å². The quantitative estimate of drug-likeness (QED) is 0.686. The second-order valence-corrected chi connectivity index (χ2v) is 8.58. The predicted molar refractivity (Wildman–Crippen MR) is 116 cm³/mol. The zero-order chi connectivity index (χ0) is 21.7. The molecule has 0 aliphatic carbocycles. The molecule has 2 aliphatic heterocycles. The summed E-state index contributed by atoms with van der Waals surface area (Å²) in [5.74, 6) is 0.0454. The maximum Gasteiger partial charge on any atom is 0.258 e. The Hall–Kier alpha value is -3.26. The van der Waals surface area contributed by atoms with Crippen LogP contribution >= 0.6 is 0 Å². The molecule has 160 valence electrons. The minimum Gasteiger partial charge on any atom is -0.357 e. The number of nitrogens with one attached hydrogen (secondary N) is 1. The number of rotatable bonds is 3. The Labute approximate surface area is 179 Å². The van der Waals surface area contributed by atoms with E-state index in [4.69, 9.17) is 4.98 Å². The van der Waals surface area contributed by atoms with Gasteiger partial charge >= 0.3 is 0 Å². The van der Waals surface area contributed by atoms with E-state index in [0.29, 0.717) is 18.7 Å². The van der Waals surface area contributed by atoms with Crippen molar-refractivity contribution in [3.05, 3.63) is 80.3 Å². The second kappa shape index (κ2) is 7.46. The molecule has 5 rings (SSSR count). The number of hydrogen-bond donors (Lipinski definition) is 1. The number of amides is 1. The largest absolute Gasteiger partial charge is 0.357 e. The fourth-order valence-corrected chi connectivity index (χ4v) is 5.26. The summed E-state index contributed by atoms with van der Waals surface area (Å²) in [6, 6.07) is 10.1. The Balaban J connectivity index is 1.50. The van der Waals surface area contributed by atoms with Crippen LogP contribution in [0.25, 0.3) is 5.65 Å². The number of pyridine rings is 2. The van der Waals surface area contributed by atoms with Crippen molar-refractivity contribution in [1.29, 1.82) is 0 Å². The number of carbonyl (C=O) groups is 1. The normalized spacial score (nSPS) is 22.8. The summed E-state index contributed by atoms with van der Waals surface area (Å²) in [4.78, 5) is 44.9. The minimum atomic E-state index is -0.523. The van der Waals surface area contributed by atoms with Gasteiger partial charge in [0, 0.05) is 62.5 Å². The van der Waals surface area contributed by atoms with Gasteiger partial charge in [0.1, 0.15) is 11.7 Å². The van der Waals surface area contributed by atoms with Crippen LogP contribution in [0.5, 0.6) is 0 Å². The first kappa shape index (κ1) is 19.7. The van der Waals surface area contributed by atoms with Gasteiger partial charge in [-0.1, -0.05) is 12.1 Å². The Morgan fingerprint density at radius 1 is 1.16 bits per heavy atom. The summed E-state index contributed by atoms with van der Waals surface area (Å²) >= 11 is 0.